The van der Waals surface area contributed by atoms with Gasteiger partial charge in [-0.2, -0.15) is 0 Å². The van der Waals surface area contributed by atoms with Crippen molar-refractivity contribution in [1.82, 2.24) is 15.3 Å². The van der Waals surface area contributed by atoms with Gasteiger partial charge in [0, 0.05) is 23.5 Å². The molecular weight excluding hydrogens is 436 g/mol. The number of hydrogen-bond donors (Lipinski definition) is 3. The average molecular weight is 467 g/mol. The lowest BCUT2D eigenvalue weighted by Crippen LogP contribution is -2.37. The Kier molecular flexibility index (Phi) is 8.16. The first-order valence-electron chi connectivity index (χ1n) is 11.0. The molecule has 1 aromatic carbocycles. The molecule has 0 aliphatic rings. The number of benzene rings is 1. The van der Waals surface area contributed by atoms with Gasteiger partial charge in [0.2, 0.25) is 5.91 Å². The number of alkyl carbamates (subject to hydrolysis) is 1. The lowest BCUT2D eigenvalue weighted by Gasteiger charge is -2.19. The second kappa shape index (κ2) is 11.0. The number of rotatable bonds is 9. The van der Waals surface area contributed by atoms with Crippen molar-refractivity contribution in [2.75, 3.05) is 11.9 Å². The first-order chi connectivity index (χ1) is 15.7. The van der Waals surface area contributed by atoms with Gasteiger partial charge in [0.1, 0.15) is 17.8 Å². The van der Waals surface area contributed by atoms with Crippen LogP contribution in [-0.4, -0.2) is 39.0 Å². The number of aryl methyl sites for hydroxylation is 2. The maximum Gasteiger partial charge on any atom is 0.408 e. The Hall–Kier alpha value is -3.26. The summed E-state index contributed by atoms with van der Waals surface area (Å²) >= 11 is 5.61. The number of amides is 2. The van der Waals surface area contributed by atoms with E-state index in [0.717, 1.165) is 47.1 Å². The number of hydrogen-bond acceptors (Lipinski definition) is 5. The fourth-order valence-electron chi connectivity index (χ4n) is 3.40. The van der Waals surface area contributed by atoms with Crippen LogP contribution in [0.25, 0.3) is 11.0 Å². The highest BCUT2D eigenvalue weighted by Crippen LogP contribution is 2.18. The zero-order valence-corrected chi connectivity index (χ0v) is 20.1. The highest BCUT2D eigenvalue weighted by atomic mass is 32.1. The summed E-state index contributed by atoms with van der Waals surface area (Å²) in [6.07, 6.45) is 6.42. The first kappa shape index (κ1) is 24.4. The molecule has 0 aliphatic heterocycles. The highest BCUT2D eigenvalue weighted by Gasteiger charge is 2.16. The standard InChI is InChI=1S/C25H30N4O3S/c1-25(2,3)32-24(31)28-16-22(30)29-19-6-4-5-17(15-19)7-9-20(33)10-8-18-11-13-26-23-21(18)12-14-27-23/h4-6,11-15H,7-10,16H2,1-3H3,(H,26,27)(H,28,31)(H,29,30). The van der Waals surface area contributed by atoms with Crippen molar-refractivity contribution in [3.8, 4) is 0 Å². The molecule has 2 aromatic heterocycles. The quantitative estimate of drug-likeness (QED) is 0.387. The third-order valence-corrected chi connectivity index (χ3v) is 5.33. The summed E-state index contributed by atoms with van der Waals surface area (Å²) in [5.74, 6) is -0.318. The second-order valence-corrected chi connectivity index (χ2v) is 9.43. The lowest BCUT2D eigenvalue weighted by molar-refractivity contribution is -0.115. The Morgan fingerprint density at radius 3 is 2.70 bits per heavy atom. The van der Waals surface area contributed by atoms with Gasteiger partial charge in [0.25, 0.3) is 0 Å². The van der Waals surface area contributed by atoms with Gasteiger partial charge in [-0.1, -0.05) is 24.4 Å². The number of nitrogens with one attached hydrogen (secondary N) is 3. The van der Waals surface area contributed by atoms with Crippen LogP contribution in [-0.2, 0) is 22.4 Å². The molecule has 0 spiro atoms. The van der Waals surface area contributed by atoms with Crippen molar-refractivity contribution < 1.29 is 14.3 Å². The summed E-state index contributed by atoms with van der Waals surface area (Å²) in [6, 6.07) is 11.8. The van der Waals surface area contributed by atoms with Gasteiger partial charge in [-0.15, -0.1) is 0 Å². The van der Waals surface area contributed by atoms with E-state index in [-0.39, 0.29) is 12.5 Å². The van der Waals surface area contributed by atoms with Crippen molar-refractivity contribution in [3.63, 3.8) is 0 Å². The fraction of sp³-hybridized carbons (Fsp3) is 0.360. The Balaban J connectivity index is 1.43. The van der Waals surface area contributed by atoms with Crippen LogP contribution in [0.2, 0.25) is 0 Å². The molecule has 2 heterocycles. The topological polar surface area (TPSA) is 96.1 Å². The monoisotopic (exact) mass is 466 g/mol. The minimum Gasteiger partial charge on any atom is -0.444 e. The van der Waals surface area contributed by atoms with Crippen LogP contribution >= 0.6 is 12.2 Å². The van der Waals surface area contributed by atoms with E-state index in [4.69, 9.17) is 17.0 Å². The van der Waals surface area contributed by atoms with Gasteiger partial charge in [0.05, 0.1) is 0 Å². The number of carbonyl (C=O) groups excluding carboxylic acids is 2. The van der Waals surface area contributed by atoms with Crippen molar-refractivity contribution in [2.45, 2.75) is 52.1 Å². The van der Waals surface area contributed by atoms with E-state index in [1.165, 1.54) is 5.56 Å². The number of nitrogens with zero attached hydrogens (tertiary/aromatic N) is 1. The number of fused-ring (bicyclic) bond motifs is 1. The van der Waals surface area contributed by atoms with Crippen LogP contribution in [0, 0.1) is 0 Å². The molecule has 3 rings (SSSR count). The molecule has 0 aliphatic carbocycles. The summed E-state index contributed by atoms with van der Waals surface area (Å²) < 4.78 is 5.13. The third kappa shape index (κ3) is 7.98. The first-order valence-corrected chi connectivity index (χ1v) is 11.4. The molecule has 0 saturated heterocycles. The molecular formula is C25H30N4O3S. The molecule has 3 aromatic rings. The van der Waals surface area contributed by atoms with Crippen LogP contribution in [0.15, 0.2) is 48.8 Å². The van der Waals surface area contributed by atoms with Gasteiger partial charge < -0.3 is 20.4 Å². The Morgan fingerprint density at radius 2 is 1.91 bits per heavy atom. The number of pyridine rings is 1. The van der Waals surface area contributed by atoms with Crippen LogP contribution < -0.4 is 10.6 Å². The molecule has 33 heavy (non-hydrogen) atoms. The number of anilines is 1. The Bertz CT molecular complexity index is 1130. The van der Waals surface area contributed by atoms with Gasteiger partial charge in [-0.3, -0.25) is 4.79 Å². The van der Waals surface area contributed by atoms with Gasteiger partial charge in [-0.05, 0) is 86.7 Å². The van der Waals surface area contributed by atoms with Crippen molar-refractivity contribution in [3.05, 3.63) is 59.9 Å². The third-order valence-electron chi connectivity index (χ3n) is 4.92. The molecule has 7 nitrogen and oxygen atoms in total. The molecule has 0 radical (unpaired) electrons. The molecule has 0 saturated carbocycles. The van der Waals surface area contributed by atoms with Gasteiger partial charge in [-0.25, -0.2) is 9.78 Å². The maximum atomic E-state index is 12.1. The molecule has 0 bridgehead atoms. The number of carbonyl (C=O) groups is 2. The fourth-order valence-corrected chi connectivity index (χ4v) is 3.60. The van der Waals surface area contributed by atoms with Crippen LogP contribution in [0.1, 0.15) is 44.7 Å². The van der Waals surface area contributed by atoms with Crippen molar-refractivity contribution >= 4 is 45.8 Å². The molecule has 2 amide bonds. The minimum absolute atomic E-state index is 0.160. The van der Waals surface area contributed by atoms with Gasteiger partial charge >= 0.3 is 6.09 Å². The van der Waals surface area contributed by atoms with E-state index in [1.807, 2.05) is 48.8 Å². The smallest absolute Gasteiger partial charge is 0.408 e. The SMILES string of the molecule is CC(C)(C)OC(=O)NCC(=O)Nc1cccc(CCC(=S)CCc2ccnc3[nH]ccc23)c1. The minimum atomic E-state index is -0.621. The van der Waals surface area contributed by atoms with E-state index in [1.54, 1.807) is 20.8 Å². The van der Waals surface area contributed by atoms with Crippen molar-refractivity contribution in [1.29, 1.82) is 0 Å². The molecule has 0 atom stereocenters. The summed E-state index contributed by atoms with van der Waals surface area (Å²) in [5, 5.41) is 6.40. The van der Waals surface area contributed by atoms with E-state index in [9.17, 15) is 9.59 Å². The lowest BCUT2D eigenvalue weighted by atomic mass is 10.0. The van der Waals surface area contributed by atoms with Crippen LogP contribution in [0.5, 0.6) is 0 Å². The van der Waals surface area contributed by atoms with E-state index in [2.05, 4.69) is 20.6 Å². The number of thiocarbonyl (C=S) groups is 1. The summed E-state index contributed by atoms with van der Waals surface area (Å²) in [6.45, 7) is 5.14. The van der Waals surface area contributed by atoms with Crippen LogP contribution in [0.4, 0.5) is 10.5 Å². The number of aromatic amines is 1. The predicted molar refractivity (Wildman–Crippen MR) is 135 cm³/mol. The largest absolute Gasteiger partial charge is 0.444 e. The normalized spacial score (nSPS) is 11.2. The Labute approximate surface area is 199 Å². The average Bonchev–Trinajstić information content (AvgIpc) is 3.23. The summed E-state index contributed by atoms with van der Waals surface area (Å²) in [7, 11) is 0. The van der Waals surface area contributed by atoms with E-state index < -0.39 is 11.7 Å². The number of aromatic nitrogens is 2. The van der Waals surface area contributed by atoms with Crippen molar-refractivity contribution in [2.24, 2.45) is 0 Å². The zero-order chi connectivity index (χ0) is 23.8. The van der Waals surface area contributed by atoms with Gasteiger partial charge in [0.15, 0.2) is 0 Å². The maximum absolute atomic E-state index is 12.1. The molecule has 8 heteroatoms. The molecule has 3 N–H and O–H groups in total. The molecule has 174 valence electrons. The number of ether oxygens (including phenoxy) is 1. The zero-order valence-electron chi connectivity index (χ0n) is 19.2. The van der Waals surface area contributed by atoms with E-state index in [0.29, 0.717) is 5.69 Å². The highest BCUT2D eigenvalue weighted by molar-refractivity contribution is 7.80. The molecule has 0 unspecified atom stereocenters. The Morgan fingerprint density at radius 1 is 1.12 bits per heavy atom. The summed E-state index contributed by atoms with van der Waals surface area (Å²) in [5.41, 5.74) is 3.31. The predicted octanol–water partition coefficient (Wildman–Crippen LogP) is 4.96. The van der Waals surface area contributed by atoms with E-state index >= 15 is 0 Å². The second-order valence-electron chi connectivity index (χ2n) is 8.85. The number of H-pyrrole nitrogens is 1. The summed E-state index contributed by atoms with van der Waals surface area (Å²) in [4.78, 5) is 32.3. The molecule has 0 fully saturated rings. The van der Waals surface area contributed by atoms with Crippen LogP contribution in [0.3, 0.4) is 0 Å².